The Morgan fingerprint density at radius 2 is 2.10 bits per heavy atom. The third-order valence-corrected chi connectivity index (χ3v) is 4.01. The highest BCUT2D eigenvalue weighted by atomic mass is 32.2. The lowest BCUT2D eigenvalue weighted by atomic mass is 10.0. The van der Waals surface area contributed by atoms with E-state index < -0.39 is 0 Å². The van der Waals surface area contributed by atoms with Gasteiger partial charge in [0, 0.05) is 6.42 Å². The molecule has 0 saturated carbocycles. The lowest BCUT2D eigenvalue weighted by Gasteiger charge is -2.04. The van der Waals surface area contributed by atoms with Gasteiger partial charge in [0.25, 0.3) is 0 Å². The van der Waals surface area contributed by atoms with Gasteiger partial charge in [0.2, 0.25) is 5.89 Å². The van der Waals surface area contributed by atoms with E-state index in [0.717, 1.165) is 12.2 Å². The van der Waals surface area contributed by atoms with Crippen molar-refractivity contribution in [1.82, 2.24) is 10.1 Å². The fourth-order valence-corrected chi connectivity index (χ4v) is 2.44. The minimum Gasteiger partial charge on any atom is -0.338 e. The maximum atomic E-state index is 6.02. The fraction of sp³-hybridized carbons (Fsp3) is 0.467. The van der Waals surface area contributed by atoms with Crippen LogP contribution < -0.4 is 5.73 Å². The average molecular weight is 291 g/mol. The van der Waals surface area contributed by atoms with E-state index >= 15 is 0 Å². The van der Waals surface area contributed by atoms with Gasteiger partial charge in [0.15, 0.2) is 5.82 Å². The van der Waals surface area contributed by atoms with Gasteiger partial charge >= 0.3 is 0 Å². The second-order valence-electron chi connectivity index (χ2n) is 5.03. The van der Waals surface area contributed by atoms with Crippen LogP contribution >= 0.6 is 11.8 Å². The Labute approximate surface area is 124 Å². The Balaban J connectivity index is 2.03. The van der Waals surface area contributed by atoms with E-state index in [1.54, 1.807) is 11.8 Å². The molecule has 0 aliphatic carbocycles. The summed E-state index contributed by atoms with van der Waals surface area (Å²) >= 11 is 1.77. The van der Waals surface area contributed by atoms with Crippen LogP contribution in [0.1, 0.15) is 40.9 Å². The molecule has 1 aromatic heterocycles. The number of hydrogen-bond donors (Lipinski definition) is 1. The Morgan fingerprint density at radius 1 is 1.30 bits per heavy atom. The van der Waals surface area contributed by atoms with Crippen LogP contribution in [0.5, 0.6) is 0 Å². The molecule has 0 radical (unpaired) electrons. The summed E-state index contributed by atoms with van der Waals surface area (Å²) in [6, 6.07) is 6.23. The van der Waals surface area contributed by atoms with E-state index in [-0.39, 0.29) is 6.04 Å². The molecule has 0 amide bonds. The molecule has 0 aliphatic rings. The first-order valence-corrected chi connectivity index (χ1v) is 8.12. The first-order chi connectivity index (χ1) is 9.60. The van der Waals surface area contributed by atoms with Crippen LogP contribution in [0.3, 0.4) is 0 Å². The molecule has 4 nitrogen and oxygen atoms in total. The minimum absolute atomic E-state index is 0.163. The maximum Gasteiger partial charge on any atom is 0.243 e. The van der Waals surface area contributed by atoms with Crippen molar-refractivity contribution in [3.05, 3.63) is 46.6 Å². The van der Waals surface area contributed by atoms with Gasteiger partial charge in [-0.1, -0.05) is 23.4 Å². The molecule has 2 N–H and O–H groups in total. The zero-order chi connectivity index (χ0) is 14.5. The normalized spacial score (nSPS) is 12.6. The van der Waals surface area contributed by atoms with Gasteiger partial charge in [-0.25, -0.2) is 0 Å². The van der Waals surface area contributed by atoms with E-state index in [9.17, 15) is 0 Å². The van der Waals surface area contributed by atoms with Crippen LogP contribution in [0.15, 0.2) is 22.7 Å². The van der Waals surface area contributed by atoms with Gasteiger partial charge in [0.05, 0.1) is 6.04 Å². The molecule has 0 saturated heterocycles. The number of benzene rings is 1. The van der Waals surface area contributed by atoms with Gasteiger partial charge < -0.3 is 10.3 Å². The van der Waals surface area contributed by atoms with Crippen molar-refractivity contribution in [2.24, 2.45) is 5.73 Å². The van der Waals surface area contributed by atoms with Gasteiger partial charge in [-0.3, -0.25) is 0 Å². The highest BCUT2D eigenvalue weighted by molar-refractivity contribution is 7.98. The summed E-state index contributed by atoms with van der Waals surface area (Å²) < 4.78 is 5.25. The summed E-state index contributed by atoms with van der Waals surface area (Å²) in [5, 5.41) is 4.02. The molecule has 20 heavy (non-hydrogen) atoms. The third-order valence-electron chi connectivity index (χ3n) is 3.37. The molecule has 0 spiro atoms. The summed E-state index contributed by atoms with van der Waals surface area (Å²) in [5.41, 5.74) is 9.79. The molecule has 1 aromatic carbocycles. The smallest absolute Gasteiger partial charge is 0.243 e. The Morgan fingerprint density at radius 3 is 2.80 bits per heavy atom. The Hall–Kier alpha value is -1.33. The van der Waals surface area contributed by atoms with Gasteiger partial charge in [-0.2, -0.15) is 16.7 Å². The second-order valence-corrected chi connectivity index (χ2v) is 6.02. The largest absolute Gasteiger partial charge is 0.338 e. The van der Waals surface area contributed by atoms with Crippen molar-refractivity contribution >= 4 is 11.8 Å². The van der Waals surface area contributed by atoms with Crippen LogP contribution in [0.4, 0.5) is 0 Å². The van der Waals surface area contributed by atoms with Crippen molar-refractivity contribution in [3.8, 4) is 0 Å². The van der Waals surface area contributed by atoms with Crippen LogP contribution in [0.2, 0.25) is 0 Å². The quantitative estimate of drug-likeness (QED) is 0.886. The van der Waals surface area contributed by atoms with E-state index in [4.69, 9.17) is 10.3 Å². The summed E-state index contributed by atoms with van der Waals surface area (Å²) in [6.07, 6.45) is 3.60. The molecule has 2 rings (SSSR count). The van der Waals surface area contributed by atoms with Crippen LogP contribution in [-0.4, -0.2) is 22.1 Å². The Kier molecular flexibility index (Phi) is 5.20. The fourth-order valence-electron chi connectivity index (χ4n) is 1.95. The molecule has 0 unspecified atom stereocenters. The summed E-state index contributed by atoms with van der Waals surface area (Å²) in [5.74, 6) is 2.23. The van der Waals surface area contributed by atoms with E-state index in [0.29, 0.717) is 18.1 Å². The molecule has 0 aliphatic heterocycles. The van der Waals surface area contributed by atoms with Crippen LogP contribution in [0, 0.1) is 13.8 Å². The highest BCUT2D eigenvalue weighted by Crippen LogP contribution is 2.16. The second kappa shape index (κ2) is 6.90. The molecular formula is C15H21N3OS. The van der Waals surface area contributed by atoms with Crippen molar-refractivity contribution in [2.75, 3.05) is 12.0 Å². The predicted molar refractivity (Wildman–Crippen MR) is 82.9 cm³/mol. The van der Waals surface area contributed by atoms with Crippen molar-refractivity contribution in [2.45, 2.75) is 32.7 Å². The zero-order valence-electron chi connectivity index (χ0n) is 12.2. The molecule has 108 valence electrons. The number of aryl methyl sites for hydroxylation is 2. The zero-order valence-corrected chi connectivity index (χ0v) is 13.0. The van der Waals surface area contributed by atoms with Crippen molar-refractivity contribution in [1.29, 1.82) is 0 Å². The molecule has 0 bridgehead atoms. The number of nitrogens with zero attached hydrogens (tertiary/aromatic N) is 2. The lowest BCUT2D eigenvalue weighted by Crippen LogP contribution is -2.11. The summed E-state index contributed by atoms with van der Waals surface area (Å²) in [7, 11) is 0. The van der Waals surface area contributed by atoms with E-state index in [2.05, 4.69) is 48.4 Å². The SMILES string of the molecule is CSCC[C@@H](N)c1nc(Cc2ccc(C)c(C)c2)no1. The highest BCUT2D eigenvalue weighted by Gasteiger charge is 2.14. The third kappa shape index (κ3) is 3.84. The molecular weight excluding hydrogens is 270 g/mol. The van der Waals surface area contributed by atoms with E-state index in [1.165, 1.54) is 16.7 Å². The van der Waals surface area contributed by atoms with Gasteiger partial charge in [0.1, 0.15) is 0 Å². The summed E-state index contributed by atoms with van der Waals surface area (Å²) in [6.45, 7) is 4.22. The lowest BCUT2D eigenvalue weighted by molar-refractivity contribution is 0.349. The van der Waals surface area contributed by atoms with Crippen molar-refractivity contribution < 1.29 is 4.52 Å². The number of nitrogens with two attached hydrogens (primary N) is 1. The number of aromatic nitrogens is 2. The van der Waals surface area contributed by atoms with Crippen LogP contribution in [-0.2, 0) is 6.42 Å². The molecule has 1 heterocycles. The topological polar surface area (TPSA) is 64.9 Å². The van der Waals surface area contributed by atoms with Crippen molar-refractivity contribution in [3.63, 3.8) is 0 Å². The number of rotatable bonds is 6. The number of hydrogen-bond acceptors (Lipinski definition) is 5. The summed E-state index contributed by atoms with van der Waals surface area (Å²) in [4.78, 5) is 4.40. The minimum atomic E-state index is -0.163. The molecule has 0 fully saturated rings. The van der Waals surface area contributed by atoms with E-state index in [1.807, 2.05) is 0 Å². The molecule has 1 atom stereocenters. The predicted octanol–water partition coefficient (Wildman–Crippen LogP) is 3.03. The molecule has 5 heteroatoms. The maximum absolute atomic E-state index is 6.02. The van der Waals surface area contributed by atoms with Crippen LogP contribution in [0.25, 0.3) is 0 Å². The average Bonchev–Trinajstić information content (AvgIpc) is 2.89. The first kappa shape index (κ1) is 15.1. The Bertz CT molecular complexity index is 568. The molecule has 2 aromatic rings. The standard InChI is InChI=1S/C15H21N3OS/c1-10-4-5-12(8-11(10)2)9-14-17-15(19-18-14)13(16)6-7-20-3/h4-5,8,13H,6-7,9,16H2,1-3H3/t13-/m1/s1. The van der Waals surface area contributed by atoms with Gasteiger partial charge in [-0.15, -0.1) is 0 Å². The van der Waals surface area contributed by atoms with Gasteiger partial charge in [-0.05, 0) is 49.0 Å². The first-order valence-electron chi connectivity index (χ1n) is 6.73. The monoisotopic (exact) mass is 291 g/mol. The number of thioether (sulfide) groups is 1.